The number of thiazole rings is 1. The molecule has 134 valence electrons. The van der Waals surface area contributed by atoms with Crippen LogP contribution in [0.3, 0.4) is 0 Å². The van der Waals surface area contributed by atoms with Gasteiger partial charge >= 0.3 is 0 Å². The lowest BCUT2D eigenvalue weighted by molar-refractivity contribution is 0.103. The highest BCUT2D eigenvalue weighted by molar-refractivity contribution is 7.17. The van der Waals surface area contributed by atoms with Gasteiger partial charge in [0.15, 0.2) is 0 Å². The number of aryl methyl sites for hydroxylation is 1. The summed E-state index contributed by atoms with van der Waals surface area (Å²) in [7, 11) is 3.07. The van der Waals surface area contributed by atoms with Gasteiger partial charge in [-0.15, -0.1) is 11.3 Å². The highest BCUT2D eigenvalue weighted by Crippen LogP contribution is 2.31. The number of carbonyl (C=O) groups is 1. The minimum absolute atomic E-state index is 0.321. The average molecular weight is 372 g/mol. The molecule has 26 heavy (non-hydrogen) atoms. The maximum atomic E-state index is 14.0. The van der Waals surface area contributed by atoms with Crippen molar-refractivity contribution in [2.24, 2.45) is 0 Å². The summed E-state index contributed by atoms with van der Waals surface area (Å²) in [4.78, 5) is 17.4. The molecule has 0 aliphatic rings. The number of hydrogen-bond donors (Lipinski definition) is 1. The number of anilines is 1. The Labute approximate surface area is 154 Å². The fourth-order valence-corrected chi connectivity index (χ4v) is 3.41. The van der Waals surface area contributed by atoms with Gasteiger partial charge in [0, 0.05) is 29.4 Å². The number of halogens is 1. The van der Waals surface area contributed by atoms with Gasteiger partial charge in [-0.3, -0.25) is 4.79 Å². The summed E-state index contributed by atoms with van der Waals surface area (Å²) in [5.41, 5.74) is 1.45. The second kappa shape index (κ2) is 7.53. The number of methoxy groups -OCH3 is 2. The van der Waals surface area contributed by atoms with Crippen molar-refractivity contribution < 1.29 is 18.7 Å². The normalized spacial score (nSPS) is 10.5. The summed E-state index contributed by atoms with van der Waals surface area (Å²) in [6.45, 7) is 1.72. The minimum Gasteiger partial charge on any atom is -0.497 e. The minimum atomic E-state index is -0.370. The Balaban J connectivity index is 1.88. The van der Waals surface area contributed by atoms with Crippen molar-refractivity contribution >= 4 is 22.9 Å². The molecule has 3 aromatic rings. The first kappa shape index (κ1) is 17.9. The van der Waals surface area contributed by atoms with Crippen LogP contribution in [-0.4, -0.2) is 25.1 Å². The van der Waals surface area contributed by atoms with Crippen molar-refractivity contribution in [3.63, 3.8) is 0 Å². The van der Waals surface area contributed by atoms with E-state index in [4.69, 9.17) is 9.47 Å². The van der Waals surface area contributed by atoms with Crippen LogP contribution in [0.25, 0.3) is 10.6 Å². The van der Waals surface area contributed by atoms with Crippen molar-refractivity contribution in [3.05, 3.63) is 58.9 Å². The SMILES string of the molecule is COc1cc(NC(=O)c2sc(-c3ccccc3F)nc2C)cc(OC)c1. The van der Waals surface area contributed by atoms with E-state index < -0.39 is 0 Å². The molecule has 1 N–H and O–H groups in total. The van der Waals surface area contributed by atoms with E-state index in [1.165, 1.54) is 20.3 Å². The monoisotopic (exact) mass is 372 g/mol. The summed E-state index contributed by atoms with van der Waals surface area (Å²) >= 11 is 1.15. The van der Waals surface area contributed by atoms with Crippen LogP contribution in [0.2, 0.25) is 0 Å². The van der Waals surface area contributed by atoms with E-state index in [2.05, 4.69) is 10.3 Å². The zero-order valence-corrected chi connectivity index (χ0v) is 15.3. The molecule has 5 nitrogen and oxygen atoms in total. The molecule has 0 fully saturated rings. The van der Waals surface area contributed by atoms with E-state index in [0.717, 1.165) is 11.3 Å². The topological polar surface area (TPSA) is 60.5 Å². The van der Waals surface area contributed by atoms with E-state index >= 15 is 0 Å². The number of nitrogens with zero attached hydrogens (tertiary/aromatic N) is 1. The second-order valence-electron chi connectivity index (χ2n) is 5.47. The molecular formula is C19H17FN2O3S. The predicted octanol–water partition coefficient (Wildman–Crippen LogP) is 4.53. The van der Waals surface area contributed by atoms with Crippen LogP contribution in [0.15, 0.2) is 42.5 Å². The Morgan fingerprint density at radius 1 is 1.12 bits per heavy atom. The molecule has 0 aliphatic heterocycles. The third kappa shape index (κ3) is 3.67. The van der Waals surface area contributed by atoms with E-state index in [-0.39, 0.29) is 11.7 Å². The summed E-state index contributed by atoms with van der Waals surface area (Å²) in [5, 5.41) is 3.27. The van der Waals surface area contributed by atoms with Crippen LogP contribution in [-0.2, 0) is 0 Å². The van der Waals surface area contributed by atoms with Crippen LogP contribution in [0.5, 0.6) is 11.5 Å². The molecule has 0 atom stereocenters. The number of nitrogens with one attached hydrogen (secondary N) is 1. The molecular weight excluding hydrogens is 355 g/mol. The Morgan fingerprint density at radius 2 is 1.77 bits per heavy atom. The third-order valence-electron chi connectivity index (χ3n) is 3.72. The van der Waals surface area contributed by atoms with Gasteiger partial charge < -0.3 is 14.8 Å². The first-order chi connectivity index (χ1) is 12.5. The summed E-state index contributed by atoms with van der Waals surface area (Å²) in [6.07, 6.45) is 0. The van der Waals surface area contributed by atoms with Gasteiger partial charge in [0.05, 0.1) is 19.9 Å². The lowest BCUT2D eigenvalue weighted by Crippen LogP contribution is -2.11. The number of carbonyl (C=O) groups excluding carboxylic acids is 1. The van der Waals surface area contributed by atoms with E-state index in [1.807, 2.05) is 0 Å². The lowest BCUT2D eigenvalue weighted by Gasteiger charge is -2.09. The number of aromatic nitrogens is 1. The molecule has 0 radical (unpaired) electrons. The van der Waals surface area contributed by atoms with Crippen molar-refractivity contribution in [1.82, 2.24) is 4.98 Å². The van der Waals surface area contributed by atoms with Gasteiger partial charge in [0.25, 0.3) is 5.91 Å². The zero-order chi connectivity index (χ0) is 18.7. The van der Waals surface area contributed by atoms with Crippen LogP contribution < -0.4 is 14.8 Å². The van der Waals surface area contributed by atoms with Gasteiger partial charge in [-0.1, -0.05) is 12.1 Å². The largest absolute Gasteiger partial charge is 0.497 e. The van der Waals surface area contributed by atoms with Crippen LogP contribution in [0.4, 0.5) is 10.1 Å². The van der Waals surface area contributed by atoms with Crippen molar-refractivity contribution in [2.45, 2.75) is 6.92 Å². The number of hydrogen-bond acceptors (Lipinski definition) is 5. The summed E-state index contributed by atoms with van der Waals surface area (Å²) < 4.78 is 24.4. The maximum Gasteiger partial charge on any atom is 0.267 e. The second-order valence-corrected chi connectivity index (χ2v) is 6.47. The fraction of sp³-hybridized carbons (Fsp3) is 0.158. The number of benzene rings is 2. The molecule has 3 rings (SSSR count). The lowest BCUT2D eigenvalue weighted by atomic mass is 10.2. The van der Waals surface area contributed by atoms with Crippen LogP contribution in [0.1, 0.15) is 15.4 Å². The molecule has 0 aliphatic carbocycles. The van der Waals surface area contributed by atoms with Crippen molar-refractivity contribution in [2.75, 3.05) is 19.5 Å². The predicted molar refractivity (Wildman–Crippen MR) is 99.7 cm³/mol. The van der Waals surface area contributed by atoms with E-state index in [9.17, 15) is 9.18 Å². The quantitative estimate of drug-likeness (QED) is 0.715. The first-order valence-electron chi connectivity index (χ1n) is 7.78. The molecule has 2 aromatic carbocycles. The Morgan fingerprint density at radius 3 is 2.38 bits per heavy atom. The Kier molecular flexibility index (Phi) is 5.18. The molecule has 1 amide bonds. The Hall–Kier alpha value is -2.93. The third-order valence-corrected chi connectivity index (χ3v) is 4.91. The number of amides is 1. The molecule has 0 saturated carbocycles. The first-order valence-corrected chi connectivity index (χ1v) is 8.60. The van der Waals surface area contributed by atoms with Crippen molar-refractivity contribution in [3.8, 4) is 22.1 Å². The van der Waals surface area contributed by atoms with E-state index in [1.54, 1.807) is 43.3 Å². The molecule has 0 saturated heterocycles. The number of ether oxygens (including phenoxy) is 2. The highest BCUT2D eigenvalue weighted by atomic mass is 32.1. The van der Waals surface area contributed by atoms with Gasteiger partial charge in [0.1, 0.15) is 27.2 Å². The molecule has 0 spiro atoms. The van der Waals surface area contributed by atoms with Gasteiger partial charge in [-0.25, -0.2) is 9.37 Å². The molecule has 1 aromatic heterocycles. The van der Waals surface area contributed by atoms with E-state index in [0.29, 0.717) is 38.3 Å². The standard InChI is InChI=1S/C19H17FN2O3S/c1-11-17(26-19(21-11)15-6-4-5-7-16(15)20)18(23)22-12-8-13(24-2)10-14(9-12)25-3/h4-10H,1-3H3,(H,22,23). The zero-order valence-electron chi connectivity index (χ0n) is 14.5. The molecule has 1 heterocycles. The van der Waals surface area contributed by atoms with Crippen LogP contribution in [0, 0.1) is 12.7 Å². The molecule has 0 bridgehead atoms. The molecule has 7 heteroatoms. The van der Waals surface area contributed by atoms with Crippen molar-refractivity contribution in [1.29, 1.82) is 0 Å². The van der Waals surface area contributed by atoms with Crippen LogP contribution >= 0.6 is 11.3 Å². The van der Waals surface area contributed by atoms with Gasteiger partial charge in [0.2, 0.25) is 0 Å². The highest BCUT2D eigenvalue weighted by Gasteiger charge is 2.18. The summed E-state index contributed by atoms with van der Waals surface area (Å²) in [6, 6.07) is 11.4. The van der Waals surface area contributed by atoms with Gasteiger partial charge in [-0.05, 0) is 19.1 Å². The van der Waals surface area contributed by atoms with Gasteiger partial charge in [-0.2, -0.15) is 0 Å². The Bertz CT molecular complexity index is 933. The maximum absolute atomic E-state index is 14.0. The summed E-state index contributed by atoms with van der Waals surface area (Å²) in [5.74, 6) is 0.434. The fourth-order valence-electron chi connectivity index (χ4n) is 2.42. The molecule has 0 unspecified atom stereocenters. The smallest absolute Gasteiger partial charge is 0.267 e. The average Bonchev–Trinajstić information content (AvgIpc) is 3.03. The number of rotatable bonds is 5.